The molecule has 25 heavy (non-hydrogen) atoms. The molecule has 7 heteroatoms. The molecule has 0 radical (unpaired) electrons. The van der Waals surface area contributed by atoms with Crippen molar-refractivity contribution in [1.29, 1.82) is 0 Å². The molecule has 7 nitrogen and oxygen atoms in total. The van der Waals surface area contributed by atoms with Gasteiger partial charge in [-0.25, -0.2) is 9.78 Å². The van der Waals surface area contributed by atoms with E-state index in [1.54, 1.807) is 18.2 Å². The first-order valence-electron chi connectivity index (χ1n) is 8.40. The van der Waals surface area contributed by atoms with Gasteiger partial charge < -0.3 is 19.6 Å². The molecule has 2 aromatic heterocycles. The van der Waals surface area contributed by atoms with E-state index in [4.69, 9.17) is 4.74 Å². The summed E-state index contributed by atoms with van der Waals surface area (Å²) in [6.07, 6.45) is 1.97. The maximum Gasteiger partial charge on any atom is 0.335 e. The van der Waals surface area contributed by atoms with Gasteiger partial charge in [-0.3, -0.25) is 4.90 Å². The van der Waals surface area contributed by atoms with Crippen molar-refractivity contribution in [2.24, 2.45) is 0 Å². The Morgan fingerprint density at radius 3 is 2.88 bits per heavy atom. The monoisotopic (exact) mass is 340 g/mol. The smallest absolute Gasteiger partial charge is 0.335 e. The zero-order valence-electron chi connectivity index (χ0n) is 13.8. The van der Waals surface area contributed by atoms with E-state index >= 15 is 0 Å². The highest BCUT2D eigenvalue weighted by atomic mass is 16.5. The third kappa shape index (κ3) is 3.16. The first kappa shape index (κ1) is 15.9. The van der Waals surface area contributed by atoms with Crippen molar-refractivity contribution < 1.29 is 14.6 Å². The molecule has 130 valence electrons. The molecular weight excluding hydrogens is 320 g/mol. The number of rotatable bonds is 5. The van der Waals surface area contributed by atoms with Gasteiger partial charge in [0.25, 0.3) is 0 Å². The zero-order chi connectivity index (χ0) is 17.2. The molecule has 3 aromatic rings. The van der Waals surface area contributed by atoms with Crippen LogP contribution in [0.4, 0.5) is 5.82 Å². The van der Waals surface area contributed by atoms with Crippen LogP contribution in [0.5, 0.6) is 0 Å². The molecule has 1 aliphatic rings. The molecule has 0 bridgehead atoms. The fourth-order valence-electron chi connectivity index (χ4n) is 3.20. The molecule has 0 atom stereocenters. The van der Waals surface area contributed by atoms with Crippen LogP contribution in [-0.2, 0) is 4.74 Å². The number of nitrogens with one attached hydrogen (secondary N) is 1. The average Bonchev–Trinajstić information content (AvgIpc) is 3.12. The number of carboxylic acid groups (broad SMARTS) is 1. The minimum absolute atomic E-state index is 0.241. The van der Waals surface area contributed by atoms with E-state index < -0.39 is 5.97 Å². The molecule has 0 amide bonds. The molecule has 2 N–H and O–H groups in total. The lowest BCUT2D eigenvalue weighted by atomic mass is 10.2. The van der Waals surface area contributed by atoms with Crippen molar-refractivity contribution >= 4 is 28.3 Å². The summed E-state index contributed by atoms with van der Waals surface area (Å²) in [7, 11) is 0. The Morgan fingerprint density at radius 1 is 1.24 bits per heavy atom. The summed E-state index contributed by atoms with van der Waals surface area (Å²) in [5, 5.41) is 12.6. The SMILES string of the molecule is O=C(O)c1ccc2c(c1)nc(NCCN1CCOCC1)c1cccn12. The van der Waals surface area contributed by atoms with Gasteiger partial charge in [0.2, 0.25) is 0 Å². The van der Waals surface area contributed by atoms with Crippen LogP contribution in [0.2, 0.25) is 0 Å². The van der Waals surface area contributed by atoms with E-state index in [1.165, 1.54) is 0 Å². The minimum Gasteiger partial charge on any atom is -0.478 e. The summed E-state index contributed by atoms with van der Waals surface area (Å²) < 4.78 is 7.40. The summed E-state index contributed by atoms with van der Waals surface area (Å²) in [6, 6.07) is 9.00. The number of carbonyl (C=O) groups is 1. The number of carboxylic acids is 1. The Balaban J connectivity index is 1.61. The highest BCUT2D eigenvalue weighted by Crippen LogP contribution is 2.23. The molecule has 1 aliphatic heterocycles. The summed E-state index contributed by atoms with van der Waals surface area (Å²) in [5.41, 5.74) is 2.78. The Bertz CT molecular complexity index is 915. The first-order chi connectivity index (χ1) is 12.2. The second-order valence-electron chi connectivity index (χ2n) is 6.11. The van der Waals surface area contributed by atoms with Crippen molar-refractivity contribution in [3.8, 4) is 0 Å². The Kier molecular flexibility index (Phi) is 4.25. The van der Waals surface area contributed by atoms with Crippen LogP contribution in [0.3, 0.4) is 0 Å². The number of ether oxygens (including phenoxy) is 1. The van der Waals surface area contributed by atoms with Gasteiger partial charge in [0, 0.05) is 32.4 Å². The van der Waals surface area contributed by atoms with Crippen LogP contribution in [0, 0.1) is 0 Å². The van der Waals surface area contributed by atoms with E-state index in [1.807, 2.05) is 22.7 Å². The number of anilines is 1. The Labute approximate surface area is 144 Å². The van der Waals surface area contributed by atoms with Gasteiger partial charge >= 0.3 is 5.97 Å². The standard InChI is InChI=1S/C18H20N4O3/c23-18(24)13-3-4-15-14(12-13)20-17(16-2-1-6-22(15)16)19-5-7-21-8-10-25-11-9-21/h1-4,6,12H,5,7-11H2,(H,19,20)(H,23,24). The van der Waals surface area contributed by atoms with Gasteiger partial charge in [-0.1, -0.05) is 0 Å². The largest absolute Gasteiger partial charge is 0.478 e. The highest BCUT2D eigenvalue weighted by Gasteiger charge is 2.12. The number of hydrogen-bond acceptors (Lipinski definition) is 5. The maximum absolute atomic E-state index is 11.2. The number of fused-ring (bicyclic) bond motifs is 3. The summed E-state index contributed by atoms with van der Waals surface area (Å²) in [6.45, 7) is 5.18. The fraction of sp³-hybridized carbons (Fsp3) is 0.333. The second kappa shape index (κ2) is 6.70. The molecule has 3 heterocycles. The van der Waals surface area contributed by atoms with E-state index in [-0.39, 0.29) is 5.56 Å². The molecular formula is C18H20N4O3. The summed E-state index contributed by atoms with van der Waals surface area (Å²) in [4.78, 5) is 18.2. The highest BCUT2D eigenvalue weighted by molar-refractivity contribution is 5.94. The number of hydrogen-bond donors (Lipinski definition) is 2. The van der Waals surface area contributed by atoms with Gasteiger partial charge in [-0.05, 0) is 30.3 Å². The number of morpholine rings is 1. The second-order valence-corrected chi connectivity index (χ2v) is 6.11. The molecule has 0 aliphatic carbocycles. The van der Waals surface area contributed by atoms with Crippen molar-refractivity contribution in [2.75, 3.05) is 44.7 Å². The maximum atomic E-state index is 11.2. The van der Waals surface area contributed by atoms with Crippen molar-refractivity contribution in [2.45, 2.75) is 0 Å². The number of benzene rings is 1. The van der Waals surface area contributed by atoms with Crippen LogP contribution in [0.15, 0.2) is 36.5 Å². The van der Waals surface area contributed by atoms with Gasteiger partial charge in [0.1, 0.15) is 0 Å². The molecule has 4 rings (SSSR count). The third-order valence-electron chi connectivity index (χ3n) is 4.53. The summed E-state index contributed by atoms with van der Waals surface area (Å²) in [5.74, 6) is -0.175. The molecule has 1 aromatic carbocycles. The molecule has 0 saturated carbocycles. The van der Waals surface area contributed by atoms with E-state index in [2.05, 4.69) is 15.2 Å². The minimum atomic E-state index is -0.946. The lowest BCUT2D eigenvalue weighted by molar-refractivity contribution is 0.0398. The normalized spacial score (nSPS) is 15.7. The average molecular weight is 340 g/mol. The Morgan fingerprint density at radius 2 is 2.08 bits per heavy atom. The lowest BCUT2D eigenvalue weighted by Crippen LogP contribution is -2.39. The Hall–Kier alpha value is -2.64. The molecule has 0 spiro atoms. The van der Waals surface area contributed by atoms with E-state index in [9.17, 15) is 9.90 Å². The lowest BCUT2D eigenvalue weighted by Gasteiger charge is -2.26. The zero-order valence-corrected chi connectivity index (χ0v) is 13.8. The predicted molar refractivity (Wildman–Crippen MR) is 95.4 cm³/mol. The van der Waals surface area contributed by atoms with Gasteiger partial charge in [0.15, 0.2) is 5.82 Å². The van der Waals surface area contributed by atoms with Gasteiger partial charge in [-0.2, -0.15) is 0 Å². The molecule has 1 fully saturated rings. The topological polar surface area (TPSA) is 79.1 Å². The van der Waals surface area contributed by atoms with Crippen molar-refractivity contribution in [1.82, 2.24) is 14.3 Å². The number of aromatic carboxylic acids is 1. The van der Waals surface area contributed by atoms with Crippen LogP contribution in [-0.4, -0.2) is 64.8 Å². The van der Waals surface area contributed by atoms with Crippen LogP contribution in [0.1, 0.15) is 10.4 Å². The molecule has 1 saturated heterocycles. The molecule has 0 unspecified atom stereocenters. The predicted octanol–water partition coefficient (Wildman–Crippen LogP) is 1.93. The van der Waals surface area contributed by atoms with E-state index in [0.717, 1.165) is 56.2 Å². The quantitative estimate of drug-likeness (QED) is 0.739. The van der Waals surface area contributed by atoms with Crippen LogP contribution >= 0.6 is 0 Å². The van der Waals surface area contributed by atoms with Crippen molar-refractivity contribution in [3.63, 3.8) is 0 Å². The van der Waals surface area contributed by atoms with Gasteiger partial charge in [-0.15, -0.1) is 0 Å². The third-order valence-corrected chi connectivity index (χ3v) is 4.53. The summed E-state index contributed by atoms with van der Waals surface area (Å²) >= 11 is 0. The number of nitrogens with zero attached hydrogens (tertiary/aromatic N) is 3. The van der Waals surface area contributed by atoms with Crippen LogP contribution in [0.25, 0.3) is 16.6 Å². The van der Waals surface area contributed by atoms with Gasteiger partial charge in [0.05, 0.1) is 35.3 Å². The number of aromatic nitrogens is 2. The van der Waals surface area contributed by atoms with E-state index in [0.29, 0.717) is 5.52 Å². The van der Waals surface area contributed by atoms with Crippen molar-refractivity contribution in [3.05, 3.63) is 42.1 Å². The first-order valence-corrected chi connectivity index (χ1v) is 8.40. The fourth-order valence-corrected chi connectivity index (χ4v) is 3.20. The van der Waals surface area contributed by atoms with Crippen LogP contribution < -0.4 is 5.32 Å².